The largest absolute Gasteiger partial charge is 0.416 e. The second-order valence-corrected chi connectivity index (χ2v) is 13.0. The minimum Gasteiger partial charge on any atom is -0.350 e. The third-order valence-electron chi connectivity index (χ3n) is 8.65. The Balaban J connectivity index is 1.57. The lowest BCUT2D eigenvalue weighted by molar-refractivity contribution is -0.137. The van der Waals surface area contributed by atoms with Crippen LogP contribution in [0.2, 0.25) is 0 Å². The second kappa shape index (κ2) is 21.4. The van der Waals surface area contributed by atoms with Crippen LogP contribution in [-0.2, 0) is 31.9 Å². The SMILES string of the molecule is C[C@H](NC(=O)[C@H](C)NC(=O)[C@H](CCCCN)NC(=O)c1ccc(-c2ccccc2)cc1)C(=O)N[C@@H](CCCCN)C(=O)NCc1ccc(C(F)(F)F)cc1. The number of hydrogen-bond acceptors (Lipinski definition) is 7. The average molecular weight is 754 g/mol. The highest BCUT2D eigenvalue weighted by atomic mass is 19.4. The lowest BCUT2D eigenvalue weighted by Gasteiger charge is -2.24. The molecule has 0 unspecified atom stereocenters. The number of nitrogens with two attached hydrogens (primary N) is 2. The summed E-state index contributed by atoms with van der Waals surface area (Å²) in [5.41, 5.74) is 13.1. The highest BCUT2D eigenvalue weighted by molar-refractivity contribution is 5.99. The fraction of sp³-hybridized carbons (Fsp3) is 0.410. The molecule has 0 saturated heterocycles. The number of hydrogen-bond donors (Lipinski definition) is 7. The first kappa shape index (κ1) is 43.1. The van der Waals surface area contributed by atoms with E-state index in [0.717, 1.165) is 23.3 Å². The number of carbonyl (C=O) groups is 5. The third-order valence-corrected chi connectivity index (χ3v) is 8.65. The number of benzene rings is 3. The molecule has 9 N–H and O–H groups in total. The average Bonchev–Trinajstić information content (AvgIpc) is 3.16. The Morgan fingerprint density at radius 1 is 0.593 bits per heavy atom. The first-order valence-corrected chi connectivity index (χ1v) is 17.9. The number of unbranched alkanes of at least 4 members (excludes halogenated alkanes) is 2. The van der Waals surface area contributed by atoms with E-state index in [0.29, 0.717) is 49.9 Å². The van der Waals surface area contributed by atoms with Gasteiger partial charge in [0.15, 0.2) is 0 Å². The molecule has 4 atom stereocenters. The van der Waals surface area contributed by atoms with Crippen LogP contribution in [0.1, 0.15) is 73.9 Å². The number of alkyl halides is 3. The van der Waals surface area contributed by atoms with E-state index in [9.17, 15) is 37.1 Å². The van der Waals surface area contributed by atoms with Gasteiger partial charge < -0.3 is 38.1 Å². The highest BCUT2D eigenvalue weighted by Crippen LogP contribution is 2.29. The van der Waals surface area contributed by atoms with Crippen molar-refractivity contribution in [1.29, 1.82) is 0 Å². The van der Waals surface area contributed by atoms with Gasteiger partial charge in [0, 0.05) is 12.1 Å². The highest BCUT2D eigenvalue weighted by Gasteiger charge is 2.30. The predicted molar refractivity (Wildman–Crippen MR) is 199 cm³/mol. The standard InChI is InChI=1S/C39H50F3N7O5/c1-25(47-38(54)33(13-7-9-23-44)49-36(52)30-18-16-29(17-19-30)28-10-4-3-5-11-28)34(50)46-26(2)35(51)48-32(12-6-8-22-43)37(53)45-24-27-14-20-31(21-15-27)39(40,41)42/h3-5,10-11,14-21,25-26,32-33H,6-9,12-13,22-24,43-44H2,1-2H3,(H,45,53)(H,46,50)(H,47,54)(H,48,51)(H,49,52)/t25-,26-,32-,33-/m0/s1. The fourth-order valence-corrected chi connectivity index (χ4v) is 5.41. The Bertz CT molecular complexity index is 1670. The van der Waals surface area contributed by atoms with Crippen molar-refractivity contribution in [3.63, 3.8) is 0 Å². The monoisotopic (exact) mass is 753 g/mol. The zero-order valence-electron chi connectivity index (χ0n) is 30.5. The number of amides is 5. The van der Waals surface area contributed by atoms with Crippen molar-refractivity contribution in [3.05, 3.63) is 95.6 Å². The quantitative estimate of drug-likeness (QED) is 0.0857. The van der Waals surface area contributed by atoms with Gasteiger partial charge in [0.05, 0.1) is 5.56 Å². The van der Waals surface area contributed by atoms with E-state index >= 15 is 0 Å². The smallest absolute Gasteiger partial charge is 0.350 e. The van der Waals surface area contributed by atoms with E-state index in [-0.39, 0.29) is 19.4 Å². The molecule has 12 nitrogen and oxygen atoms in total. The first-order chi connectivity index (χ1) is 25.7. The molecule has 292 valence electrons. The second-order valence-electron chi connectivity index (χ2n) is 13.0. The molecule has 0 aromatic heterocycles. The van der Waals surface area contributed by atoms with Gasteiger partial charge >= 0.3 is 6.18 Å². The molecule has 3 aromatic carbocycles. The molecule has 15 heteroatoms. The summed E-state index contributed by atoms with van der Waals surface area (Å²) in [7, 11) is 0. The topological polar surface area (TPSA) is 198 Å². The van der Waals surface area contributed by atoms with Crippen LogP contribution in [0, 0.1) is 0 Å². The Labute approximate surface area is 313 Å². The van der Waals surface area contributed by atoms with Crippen molar-refractivity contribution >= 4 is 29.5 Å². The third kappa shape index (κ3) is 13.9. The summed E-state index contributed by atoms with van der Waals surface area (Å²) in [6.45, 7) is 3.54. The van der Waals surface area contributed by atoms with Crippen LogP contribution in [0.5, 0.6) is 0 Å². The van der Waals surface area contributed by atoms with E-state index in [1.54, 1.807) is 12.1 Å². The van der Waals surface area contributed by atoms with Crippen molar-refractivity contribution in [1.82, 2.24) is 26.6 Å². The molecule has 3 rings (SSSR count). The minimum absolute atomic E-state index is 0.0715. The van der Waals surface area contributed by atoms with Gasteiger partial charge in [-0.3, -0.25) is 24.0 Å². The van der Waals surface area contributed by atoms with Crippen LogP contribution in [0.25, 0.3) is 11.1 Å². The fourth-order valence-electron chi connectivity index (χ4n) is 5.41. The molecule has 3 aromatic rings. The van der Waals surface area contributed by atoms with Crippen LogP contribution in [0.4, 0.5) is 13.2 Å². The van der Waals surface area contributed by atoms with Crippen molar-refractivity contribution in [3.8, 4) is 11.1 Å². The van der Waals surface area contributed by atoms with Crippen LogP contribution in [-0.4, -0.2) is 66.8 Å². The molecular formula is C39H50F3N7O5. The molecule has 0 heterocycles. The number of nitrogens with one attached hydrogen (secondary N) is 5. The molecule has 54 heavy (non-hydrogen) atoms. The van der Waals surface area contributed by atoms with E-state index in [2.05, 4.69) is 26.6 Å². The van der Waals surface area contributed by atoms with E-state index in [1.165, 1.54) is 26.0 Å². The molecule has 5 amide bonds. The minimum atomic E-state index is -4.49. The molecule has 0 radical (unpaired) electrons. The van der Waals surface area contributed by atoms with Gasteiger partial charge in [0.2, 0.25) is 23.6 Å². The molecule has 0 aliphatic carbocycles. The molecular weight excluding hydrogens is 703 g/mol. The lowest BCUT2D eigenvalue weighted by atomic mass is 10.0. The van der Waals surface area contributed by atoms with Gasteiger partial charge in [0.1, 0.15) is 24.2 Å². The summed E-state index contributed by atoms with van der Waals surface area (Å²) in [6, 6.07) is 16.8. The molecule has 0 saturated carbocycles. The van der Waals surface area contributed by atoms with Gasteiger partial charge in [-0.2, -0.15) is 13.2 Å². The van der Waals surface area contributed by atoms with E-state index < -0.39 is 65.4 Å². The predicted octanol–water partition coefficient (Wildman–Crippen LogP) is 3.54. The summed E-state index contributed by atoms with van der Waals surface area (Å²) in [4.78, 5) is 65.7. The molecule has 0 aliphatic rings. The van der Waals surface area contributed by atoms with Gasteiger partial charge in [-0.1, -0.05) is 54.6 Å². The number of carbonyl (C=O) groups excluding carboxylic acids is 5. The van der Waals surface area contributed by atoms with Gasteiger partial charge in [-0.15, -0.1) is 0 Å². The van der Waals surface area contributed by atoms with Crippen LogP contribution >= 0.6 is 0 Å². The van der Waals surface area contributed by atoms with Crippen molar-refractivity contribution in [2.24, 2.45) is 11.5 Å². The zero-order valence-corrected chi connectivity index (χ0v) is 30.5. The first-order valence-electron chi connectivity index (χ1n) is 17.9. The maximum absolute atomic E-state index is 13.3. The Kier molecular flexibility index (Phi) is 17.1. The molecule has 0 fully saturated rings. The maximum atomic E-state index is 13.3. The summed E-state index contributed by atoms with van der Waals surface area (Å²) in [5.74, 6) is -2.97. The van der Waals surface area contributed by atoms with Crippen molar-refractivity contribution in [2.45, 2.75) is 89.3 Å². The van der Waals surface area contributed by atoms with Crippen LogP contribution in [0.15, 0.2) is 78.9 Å². The lowest BCUT2D eigenvalue weighted by Crippen LogP contribution is -2.56. The molecule has 0 aliphatic heterocycles. The summed E-state index contributed by atoms with van der Waals surface area (Å²) in [5, 5.41) is 13.2. The van der Waals surface area contributed by atoms with E-state index in [4.69, 9.17) is 11.5 Å². The summed E-state index contributed by atoms with van der Waals surface area (Å²) < 4.78 is 38.7. The molecule has 0 bridgehead atoms. The Morgan fingerprint density at radius 2 is 1.09 bits per heavy atom. The van der Waals surface area contributed by atoms with Crippen LogP contribution in [0.3, 0.4) is 0 Å². The zero-order chi connectivity index (χ0) is 39.7. The van der Waals surface area contributed by atoms with Crippen LogP contribution < -0.4 is 38.1 Å². The number of halogens is 3. The Hall–Kier alpha value is -5.28. The summed E-state index contributed by atoms with van der Waals surface area (Å²) in [6.07, 6.45) is -1.74. The van der Waals surface area contributed by atoms with Gasteiger partial charge in [-0.25, -0.2) is 0 Å². The van der Waals surface area contributed by atoms with Crippen molar-refractivity contribution in [2.75, 3.05) is 13.1 Å². The van der Waals surface area contributed by atoms with Gasteiger partial charge in [-0.05, 0) is 106 Å². The summed E-state index contributed by atoms with van der Waals surface area (Å²) >= 11 is 0. The van der Waals surface area contributed by atoms with Crippen molar-refractivity contribution < 1.29 is 37.1 Å². The molecule has 0 spiro atoms. The van der Waals surface area contributed by atoms with Gasteiger partial charge in [0.25, 0.3) is 5.91 Å². The Morgan fingerprint density at radius 3 is 1.63 bits per heavy atom. The normalized spacial score (nSPS) is 13.5. The number of rotatable bonds is 20. The maximum Gasteiger partial charge on any atom is 0.416 e. The van der Waals surface area contributed by atoms with E-state index in [1.807, 2.05) is 42.5 Å².